The van der Waals surface area contributed by atoms with Crippen molar-refractivity contribution in [2.45, 2.75) is 6.61 Å². The summed E-state index contributed by atoms with van der Waals surface area (Å²) in [5, 5.41) is 8.73. The molecule has 1 aromatic heterocycles. The lowest BCUT2D eigenvalue weighted by molar-refractivity contribution is -0.131. The number of hydrogen-bond acceptors (Lipinski definition) is 4. The number of hydrogen-bond donors (Lipinski definition) is 1. The number of benzene rings is 1. The molecule has 0 atom stereocenters. The van der Waals surface area contributed by atoms with E-state index in [4.69, 9.17) is 14.6 Å². The smallest absolute Gasteiger partial charge is 0.328 e. The van der Waals surface area contributed by atoms with E-state index in [0.29, 0.717) is 23.7 Å². The van der Waals surface area contributed by atoms with Crippen molar-refractivity contribution in [3.05, 3.63) is 59.9 Å². The molecule has 0 aliphatic heterocycles. The second-order valence-corrected chi connectivity index (χ2v) is 4.20. The third-order valence-corrected chi connectivity index (χ3v) is 2.74. The number of aromatic nitrogens is 1. The minimum absolute atomic E-state index is 0.322. The molecule has 2 rings (SSSR count). The van der Waals surface area contributed by atoms with Crippen LogP contribution in [0.5, 0.6) is 11.5 Å². The summed E-state index contributed by atoms with van der Waals surface area (Å²) in [6.07, 6.45) is 5.94. The Labute approximate surface area is 122 Å². The highest BCUT2D eigenvalue weighted by atomic mass is 16.5. The van der Waals surface area contributed by atoms with Gasteiger partial charge in [0.05, 0.1) is 7.11 Å². The highest BCUT2D eigenvalue weighted by molar-refractivity contribution is 5.86. The van der Waals surface area contributed by atoms with Gasteiger partial charge in [-0.25, -0.2) is 4.79 Å². The molecule has 1 heterocycles. The highest BCUT2D eigenvalue weighted by Gasteiger charge is 2.09. The Hall–Kier alpha value is -2.82. The lowest BCUT2D eigenvalue weighted by atomic mass is 10.1. The molecule has 0 aliphatic rings. The number of carbonyl (C=O) groups is 1. The quantitative estimate of drug-likeness (QED) is 0.826. The van der Waals surface area contributed by atoms with Crippen molar-refractivity contribution >= 4 is 12.0 Å². The van der Waals surface area contributed by atoms with Crippen molar-refractivity contribution in [3.8, 4) is 11.5 Å². The Morgan fingerprint density at radius 3 is 2.86 bits per heavy atom. The molecule has 2 aromatic rings. The zero-order valence-corrected chi connectivity index (χ0v) is 11.5. The Balaban J connectivity index is 2.25. The summed E-state index contributed by atoms with van der Waals surface area (Å²) in [4.78, 5) is 14.7. The van der Waals surface area contributed by atoms with Crippen LogP contribution in [-0.2, 0) is 11.4 Å². The fraction of sp³-hybridized carbons (Fsp3) is 0.125. The van der Waals surface area contributed by atoms with Gasteiger partial charge in [-0.1, -0.05) is 18.2 Å². The van der Waals surface area contributed by atoms with Gasteiger partial charge < -0.3 is 14.6 Å². The number of rotatable bonds is 6. The monoisotopic (exact) mass is 285 g/mol. The van der Waals surface area contributed by atoms with Crippen LogP contribution in [0.15, 0.2) is 48.8 Å². The first-order chi connectivity index (χ1) is 10.2. The van der Waals surface area contributed by atoms with E-state index in [9.17, 15) is 4.79 Å². The van der Waals surface area contributed by atoms with E-state index in [-0.39, 0.29) is 0 Å². The molecule has 0 amide bonds. The lowest BCUT2D eigenvalue weighted by Gasteiger charge is -2.13. The van der Waals surface area contributed by atoms with Crippen LogP contribution < -0.4 is 9.47 Å². The van der Waals surface area contributed by atoms with Gasteiger partial charge in [0.25, 0.3) is 0 Å². The van der Waals surface area contributed by atoms with Gasteiger partial charge in [-0.2, -0.15) is 0 Å². The molecule has 5 heteroatoms. The number of pyridine rings is 1. The van der Waals surface area contributed by atoms with Crippen LogP contribution >= 0.6 is 0 Å². The fourth-order valence-corrected chi connectivity index (χ4v) is 1.78. The van der Waals surface area contributed by atoms with E-state index in [1.807, 2.05) is 12.1 Å². The van der Waals surface area contributed by atoms with Gasteiger partial charge >= 0.3 is 5.97 Å². The number of aliphatic carboxylic acids is 1. The van der Waals surface area contributed by atoms with Crippen LogP contribution in [0.2, 0.25) is 0 Å². The number of carboxylic acid groups (broad SMARTS) is 1. The van der Waals surface area contributed by atoms with E-state index < -0.39 is 5.97 Å². The van der Waals surface area contributed by atoms with Gasteiger partial charge in [-0.15, -0.1) is 0 Å². The summed E-state index contributed by atoms with van der Waals surface area (Å²) >= 11 is 0. The van der Waals surface area contributed by atoms with Gasteiger partial charge in [-0.3, -0.25) is 4.98 Å². The van der Waals surface area contributed by atoms with Crippen LogP contribution in [0.3, 0.4) is 0 Å². The second-order valence-electron chi connectivity index (χ2n) is 4.20. The Morgan fingerprint density at radius 2 is 2.19 bits per heavy atom. The Bertz CT molecular complexity index is 638. The van der Waals surface area contributed by atoms with Crippen molar-refractivity contribution in [2.24, 2.45) is 0 Å². The van der Waals surface area contributed by atoms with E-state index in [2.05, 4.69) is 4.98 Å². The van der Waals surface area contributed by atoms with Crippen LogP contribution in [-0.4, -0.2) is 23.2 Å². The molecule has 0 aliphatic carbocycles. The van der Waals surface area contributed by atoms with Crippen LogP contribution in [0.25, 0.3) is 6.08 Å². The standard InChI is InChI=1S/C16H15NO4/c1-20-14-6-2-5-13(7-8-15(18)19)16(14)21-11-12-4-3-9-17-10-12/h2-10H,11H2,1H3,(H,18,19)/b8-7+. The molecular formula is C16H15NO4. The normalized spacial score (nSPS) is 10.5. The molecule has 108 valence electrons. The molecule has 0 bridgehead atoms. The lowest BCUT2D eigenvalue weighted by Crippen LogP contribution is -2.00. The molecule has 1 N–H and O–H groups in total. The molecule has 0 saturated carbocycles. The Morgan fingerprint density at radius 1 is 1.33 bits per heavy atom. The third-order valence-electron chi connectivity index (χ3n) is 2.74. The summed E-state index contributed by atoms with van der Waals surface area (Å²) in [6, 6.07) is 9.02. The van der Waals surface area contributed by atoms with E-state index in [0.717, 1.165) is 11.6 Å². The first-order valence-corrected chi connectivity index (χ1v) is 6.30. The zero-order valence-electron chi connectivity index (χ0n) is 11.5. The third kappa shape index (κ3) is 4.07. The summed E-state index contributed by atoms with van der Waals surface area (Å²) in [7, 11) is 1.54. The van der Waals surface area contributed by atoms with Crippen molar-refractivity contribution in [2.75, 3.05) is 7.11 Å². The van der Waals surface area contributed by atoms with Gasteiger partial charge in [0.15, 0.2) is 11.5 Å². The highest BCUT2D eigenvalue weighted by Crippen LogP contribution is 2.32. The maximum absolute atomic E-state index is 10.7. The molecule has 21 heavy (non-hydrogen) atoms. The van der Waals surface area contributed by atoms with Crippen molar-refractivity contribution in [3.63, 3.8) is 0 Å². The molecule has 1 aromatic carbocycles. The van der Waals surface area contributed by atoms with Crippen LogP contribution in [0, 0.1) is 0 Å². The minimum Gasteiger partial charge on any atom is -0.493 e. The summed E-state index contributed by atoms with van der Waals surface area (Å²) in [6.45, 7) is 0.322. The maximum atomic E-state index is 10.7. The predicted molar refractivity (Wildman–Crippen MR) is 78.2 cm³/mol. The van der Waals surface area contributed by atoms with Crippen LogP contribution in [0.4, 0.5) is 0 Å². The predicted octanol–water partition coefficient (Wildman–Crippen LogP) is 2.77. The molecule has 0 saturated heterocycles. The van der Waals surface area contributed by atoms with Gasteiger partial charge in [0.1, 0.15) is 6.61 Å². The number of para-hydroxylation sites is 1. The van der Waals surface area contributed by atoms with Crippen molar-refractivity contribution in [1.82, 2.24) is 4.98 Å². The first kappa shape index (κ1) is 14.6. The van der Waals surface area contributed by atoms with Crippen LogP contribution in [0.1, 0.15) is 11.1 Å². The first-order valence-electron chi connectivity index (χ1n) is 6.30. The van der Waals surface area contributed by atoms with Gasteiger partial charge in [0.2, 0.25) is 0 Å². The number of ether oxygens (including phenoxy) is 2. The SMILES string of the molecule is COc1cccc(/C=C/C(=O)O)c1OCc1cccnc1. The Kier molecular flexibility index (Phi) is 4.93. The van der Waals surface area contributed by atoms with Gasteiger partial charge in [0, 0.05) is 29.6 Å². The van der Waals surface area contributed by atoms with Gasteiger partial charge in [-0.05, 0) is 18.2 Å². The number of nitrogens with zero attached hydrogens (tertiary/aromatic N) is 1. The van der Waals surface area contributed by atoms with E-state index in [1.54, 1.807) is 30.6 Å². The average molecular weight is 285 g/mol. The molecule has 0 unspecified atom stereocenters. The largest absolute Gasteiger partial charge is 0.493 e. The molecule has 0 radical (unpaired) electrons. The molecule has 0 fully saturated rings. The van der Waals surface area contributed by atoms with Crippen molar-refractivity contribution < 1.29 is 19.4 Å². The molecular weight excluding hydrogens is 270 g/mol. The second kappa shape index (κ2) is 7.09. The summed E-state index contributed by atoms with van der Waals surface area (Å²) < 4.78 is 11.0. The van der Waals surface area contributed by atoms with Crippen molar-refractivity contribution in [1.29, 1.82) is 0 Å². The summed E-state index contributed by atoms with van der Waals surface area (Å²) in [5.74, 6) is 0.0313. The topological polar surface area (TPSA) is 68.7 Å². The van der Waals surface area contributed by atoms with E-state index >= 15 is 0 Å². The number of carboxylic acids is 1. The zero-order chi connectivity index (χ0) is 15.1. The molecule has 0 spiro atoms. The van der Waals surface area contributed by atoms with E-state index in [1.165, 1.54) is 13.2 Å². The fourth-order valence-electron chi connectivity index (χ4n) is 1.78. The maximum Gasteiger partial charge on any atom is 0.328 e. The molecule has 5 nitrogen and oxygen atoms in total. The minimum atomic E-state index is -1.02. The summed E-state index contributed by atoms with van der Waals surface area (Å²) in [5.41, 5.74) is 1.55. The number of methoxy groups -OCH3 is 1. The average Bonchev–Trinajstić information content (AvgIpc) is 2.52.